The molecule has 0 saturated carbocycles. The van der Waals surface area contributed by atoms with Crippen molar-refractivity contribution in [3.05, 3.63) is 47.6 Å². The molecule has 3 heterocycles. The fourth-order valence-corrected chi connectivity index (χ4v) is 2.78. The van der Waals surface area contributed by atoms with E-state index in [0.29, 0.717) is 22.8 Å². The number of anilines is 1. The average Bonchev–Trinajstić information content (AvgIpc) is 3.14. The summed E-state index contributed by atoms with van der Waals surface area (Å²) in [7, 11) is 1.88. The van der Waals surface area contributed by atoms with Crippen molar-refractivity contribution in [1.82, 2.24) is 19.5 Å². The minimum Gasteiger partial charge on any atom is -0.333 e. The van der Waals surface area contributed by atoms with Crippen LogP contribution in [0.15, 0.2) is 36.2 Å². The highest BCUT2D eigenvalue weighted by molar-refractivity contribution is 7.14. The third-order valence-corrected chi connectivity index (χ3v) is 3.96. The molecule has 8 heteroatoms. The van der Waals surface area contributed by atoms with Crippen molar-refractivity contribution >= 4 is 22.4 Å². The van der Waals surface area contributed by atoms with Crippen LogP contribution in [0.2, 0.25) is 0 Å². The smallest absolute Gasteiger partial charge is 0.226 e. The molecule has 0 aliphatic carbocycles. The molecule has 23 heavy (non-hydrogen) atoms. The van der Waals surface area contributed by atoms with Gasteiger partial charge in [-0.05, 0) is 18.1 Å². The number of hydrogen-bond donors (Lipinski definition) is 1. The molecule has 0 unspecified atom stereocenters. The van der Waals surface area contributed by atoms with Crippen molar-refractivity contribution < 1.29 is 9.18 Å². The van der Waals surface area contributed by atoms with Crippen molar-refractivity contribution in [2.75, 3.05) is 5.32 Å². The van der Waals surface area contributed by atoms with Gasteiger partial charge < -0.3 is 9.88 Å². The van der Waals surface area contributed by atoms with Crippen molar-refractivity contribution in [3.8, 4) is 11.5 Å². The molecule has 0 aromatic carbocycles. The molecule has 1 N–H and O–H groups in total. The Balaban J connectivity index is 1.58. The van der Waals surface area contributed by atoms with Gasteiger partial charge in [-0.15, -0.1) is 11.3 Å². The second-order valence-corrected chi connectivity index (χ2v) is 5.82. The van der Waals surface area contributed by atoms with Gasteiger partial charge in [-0.1, -0.05) is 0 Å². The first-order valence-electron chi connectivity index (χ1n) is 6.94. The minimum atomic E-state index is -0.400. The van der Waals surface area contributed by atoms with Crippen LogP contribution in [0.1, 0.15) is 12.0 Å². The molecular weight excluding hydrogens is 317 g/mol. The summed E-state index contributed by atoms with van der Waals surface area (Å²) in [5.74, 6) is 0.171. The molecule has 0 aliphatic heterocycles. The maximum Gasteiger partial charge on any atom is 0.226 e. The maximum atomic E-state index is 13.0. The molecule has 0 bridgehead atoms. The largest absolute Gasteiger partial charge is 0.333 e. The summed E-state index contributed by atoms with van der Waals surface area (Å²) in [6.45, 7) is 0. The molecule has 0 atom stereocenters. The van der Waals surface area contributed by atoms with Crippen molar-refractivity contribution in [1.29, 1.82) is 0 Å². The van der Waals surface area contributed by atoms with E-state index < -0.39 is 5.82 Å². The Labute approximate surface area is 136 Å². The van der Waals surface area contributed by atoms with Gasteiger partial charge in [0.25, 0.3) is 0 Å². The molecule has 3 aromatic rings. The molecule has 0 aliphatic rings. The van der Waals surface area contributed by atoms with E-state index in [9.17, 15) is 9.18 Å². The molecule has 0 fully saturated rings. The van der Waals surface area contributed by atoms with Crippen LogP contribution in [0.3, 0.4) is 0 Å². The maximum absolute atomic E-state index is 13.0. The molecule has 1 amide bonds. The SMILES string of the molecule is Cn1ccnc1-c1csc(NC(=O)CCc2cncc(F)c2)n1. The summed E-state index contributed by atoms with van der Waals surface area (Å²) in [4.78, 5) is 24.3. The molecule has 3 rings (SSSR count). The molecule has 118 valence electrons. The standard InChI is InChI=1S/C15H14FN5OS/c1-21-5-4-18-14(21)12-9-23-15(19-12)20-13(22)3-2-10-6-11(16)8-17-7-10/h4-9H,2-3H2,1H3,(H,19,20,22). The van der Waals surface area contributed by atoms with Gasteiger partial charge in [0, 0.05) is 37.4 Å². The Morgan fingerprint density at radius 3 is 3.04 bits per heavy atom. The summed E-state index contributed by atoms with van der Waals surface area (Å²) in [6, 6.07) is 1.38. The first-order chi connectivity index (χ1) is 11.1. The second-order valence-electron chi connectivity index (χ2n) is 4.96. The van der Waals surface area contributed by atoms with E-state index in [4.69, 9.17) is 0 Å². The number of halogens is 1. The number of imidazole rings is 1. The number of hydrogen-bond acceptors (Lipinski definition) is 5. The van der Waals surface area contributed by atoms with Gasteiger partial charge in [-0.3, -0.25) is 9.78 Å². The average molecular weight is 331 g/mol. The molecule has 0 saturated heterocycles. The Kier molecular flexibility index (Phi) is 4.42. The topological polar surface area (TPSA) is 72.7 Å². The van der Waals surface area contributed by atoms with Crippen molar-refractivity contribution in [2.24, 2.45) is 7.05 Å². The number of thiazole rings is 1. The van der Waals surface area contributed by atoms with Gasteiger partial charge in [0.05, 0.1) is 6.20 Å². The number of pyridine rings is 1. The van der Waals surface area contributed by atoms with Crippen LogP contribution in [-0.2, 0) is 18.3 Å². The number of nitrogens with zero attached hydrogens (tertiary/aromatic N) is 4. The van der Waals surface area contributed by atoms with E-state index >= 15 is 0 Å². The Bertz CT molecular complexity index is 829. The van der Waals surface area contributed by atoms with Crippen LogP contribution >= 0.6 is 11.3 Å². The number of carbonyl (C=O) groups is 1. The van der Waals surface area contributed by atoms with E-state index in [1.54, 1.807) is 12.4 Å². The lowest BCUT2D eigenvalue weighted by Crippen LogP contribution is -2.12. The van der Waals surface area contributed by atoms with E-state index in [0.717, 1.165) is 12.0 Å². The second kappa shape index (κ2) is 6.66. The van der Waals surface area contributed by atoms with Crippen LogP contribution in [0.4, 0.5) is 9.52 Å². The van der Waals surface area contributed by atoms with Crippen LogP contribution in [0.25, 0.3) is 11.5 Å². The minimum absolute atomic E-state index is 0.171. The highest BCUT2D eigenvalue weighted by atomic mass is 32.1. The molecule has 3 aromatic heterocycles. The third kappa shape index (κ3) is 3.78. The Morgan fingerprint density at radius 1 is 1.43 bits per heavy atom. The van der Waals surface area contributed by atoms with E-state index in [-0.39, 0.29) is 12.3 Å². The monoisotopic (exact) mass is 331 g/mol. The first kappa shape index (κ1) is 15.3. The van der Waals surface area contributed by atoms with Gasteiger partial charge in [-0.25, -0.2) is 14.4 Å². The van der Waals surface area contributed by atoms with Crippen molar-refractivity contribution in [3.63, 3.8) is 0 Å². The fraction of sp³-hybridized carbons (Fsp3) is 0.200. The summed E-state index contributed by atoms with van der Waals surface area (Å²) >= 11 is 1.34. The number of carbonyl (C=O) groups excluding carboxylic acids is 1. The predicted molar refractivity (Wildman–Crippen MR) is 85.5 cm³/mol. The predicted octanol–water partition coefficient (Wildman–Crippen LogP) is 2.65. The zero-order chi connectivity index (χ0) is 16.2. The van der Waals surface area contributed by atoms with Crippen LogP contribution < -0.4 is 5.32 Å². The highest BCUT2D eigenvalue weighted by Crippen LogP contribution is 2.23. The summed E-state index contributed by atoms with van der Waals surface area (Å²) in [5, 5.41) is 5.11. The summed E-state index contributed by atoms with van der Waals surface area (Å²) in [5.41, 5.74) is 1.40. The van der Waals surface area contributed by atoms with Gasteiger partial charge in [-0.2, -0.15) is 0 Å². The number of nitrogens with one attached hydrogen (secondary N) is 1. The lowest BCUT2D eigenvalue weighted by molar-refractivity contribution is -0.116. The molecular formula is C15H14FN5OS. The zero-order valence-corrected chi connectivity index (χ0v) is 13.2. The lowest BCUT2D eigenvalue weighted by atomic mass is 10.1. The summed E-state index contributed by atoms with van der Waals surface area (Å²) < 4.78 is 14.9. The van der Waals surface area contributed by atoms with E-state index in [1.807, 2.05) is 23.2 Å². The van der Waals surface area contributed by atoms with Gasteiger partial charge in [0.2, 0.25) is 5.91 Å². The molecule has 0 spiro atoms. The summed E-state index contributed by atoms with van der Waals surface area (Å²) in [6.07, 6.45) is 6.88. The Hall–Kier alpha value is -2.61. The lowest BCUT2D eigenvalue weighted by Gasteiger charge is -2.02. The zero-order valence-electron chi connectivity index (χ0n) is 12.4. The molecule has 0 radical (unpaired) electrons. The van der Waals surface area contributed by atoms with Crippen molar-refractivity contribution in [2.45, 2.75) is 12.8 Å². The normalized spacial score (nSPS) is 10.7. The van der Waals surface area contributed by atoms with Gasteiger partial charge in [0.15, 0.2) is 11.0 Å². The van der Waals surface area contributed by atoms with Crippen LogP contribution in [0.5, 0.6) is 0 Å². The van der Waals surface area contributed by atoms with Crippen LogP contribution in [0, 0.1) is 5.82 Å². The Morgan fingerprint density at radius 2 is 2.30 bits per heavy atom. The first-order valence-corrected chi connectivity index (χ1v) is 7.82. The number of rotatable bonds is 5. The number of aryl methyl sites for hydroxylation is 2. The number of amides is 1. The van der Waals surface area contributed by atoms with E-state index in [1.165, 1.54) is 17.4 Å². The quantitative estimate of drug-likeness (QED) is 0.780. The van der Waals surface area contributed by atoms with Gasteiger partial charge >= 0.3 is 0 Å². The fourth-order valence-electron chi connectivity index (χ4n) is 2.08. The van der Waals surface area contributed by atoms with Gasteiger partial charge in [0.1, 0.15) is 11.5 Å². The van der Waals surface area contributed by atoms with Crippen LogP contribution in [-0.4, -0.2) is 25.4 Å². The third-order valence-electron chi connectivity index (χ3n) is 3.20. The molecule has 6 nitrogen and oxygen atoms in total. The highest BCUT2D eigenvalue weighted by Gasteiger charge is 2.11. The number of aromatic nitrogens is 4. The van der Waals surface area contributed by atoms with E-state index in [2.05, 4.69) is 20.3 Å².